The Balaban J connectivity index is 2.29. The molecule has 1 aromatic carbocycles. The average molecular weight is 339 g/mol. The van der Waals surface area contributed by atoms with E-state index in [4.69, 9.17) is 9.47 Å². The molecule has 1 unspecified atom stereocenters. The zero-order chi connectivity index (χ0) is 17.6. The summed E-state index contributed by atoms with van der Waals surface area (Å²) in [5.74, 6) is 0.995. The van der Waals surface area contributed by atoms with E-state index in [-0.39, 0.29) is 11.9 Å². The van der Waals surface area contributed by atoms with E-state index in [1.807, 2.05) is 13.8 Å². The summed E-state index contributed by atoms with van der Waals surface area (Å²) < 4.78 is 24.3. The van der Waals surface area contributed by atoms with Crippen molar-refractivity contribution in [3.05, 3.63) is 30.1 Å². The van der Waals surface area contributed by atoms with E-state index in [1.165, 1.54) is 12.1 Å². The van der Waals surface area contributed by atoms with E-state index in [0.29, 0.717) is 12.3 Å². The van der Waals surface area contributed by atoms with Crippen LogP contribution < -0.4 is 15.4 Å². The fourth-order valence-corrected chi connectivity index (χ4v) is 2.11. The Bertz CT molecular complexity index is 483. The largest absolute Gasteiger partial charge is 0.489 e. The van der Waals surface area contributed by atoms with Gasteiger partial charge in [0, 0.05) is 32.9 Å². The van der Waals surface area contributed by atoms with E-state index >= 15 is 0 Å². The molecule has 0 aliphatic carbocycles. The number of unbranched alkanes of at least 4 members (excludes halogenated alkanes) is 1. The average Bonchev–Trinajstić information content (AvgIpc) is 2.59. The Morgan fingerprint density at radius 3 is 2.75 bits per heavy atom. The maximum atomic E-state index is 13.2. The molecule has 136 valence electrons. The summed E-state index contributed by atoms with van der Waals surface area (Å²) in [4.78, 5) is 4.20. The Kier molecular flexibility index (Phi) is 10.6. The molecule has 0 heterocycles. The number of hydrogen-bond acceptors (Lipinski definition) is 3. The lowest BCUT2D eigenvalue weighted by atomic mass is 10.2. The predicted octanol–water partition coefficient (Wildman–Crippen LogP) is 2.96. The van der Waals surface area contributed by atoms with Crippen molar-refractivity contribution in [2.24, 2.45) is 4.99 Å². The van der Waals surface area contributed by atoms with E-state index in [2.05, 4.69) is 15.6 Å². The molecule has 0 aliphatic heterocycles. The molecule has 1 rings (SSSR count). The minimum atomic E-state index is -0.292. The van der Waals surface area contributed by atoms with E-state index in [1.54, 1.807) is 19.2 Å². The number of rotatable bonds is 11. The molecule has 24 heavy (non-hydrogen) atoms. The van der Waals surface area contributed by atoms with Crippen LogP contribution in [0.2, 0.25) is 0 Å². The second kappa shape index (κ2) is 12.6. The van der Waals surface area contributed by atoms with Crippen LogP contribution in [0.1, 0.15) is 33.1 Å². The van der Waals surface area contributed by atoms with Crippen LogP contribution in [0.15, 0.2) is 29.3 Å². The van der Waals surface area contributed by atoms with E-state index in [0.717, 1.165) is 45.0 Å². The summed E-state index contributed by atoms with van der Waals surface area (Å²) in [6.45, 7) is 7.04. The molecule has 0 spiro atoms. The van der Waals surface area contributed by atoms with Crippen molar-refractivity contribution >= 4 is 5.96 Å². The molecule has 0 fully saturated rings. The normalized spacial score (nSPS) is 12.8. The quantitative estimate of drug-likeness (QED) is 0.370. The Morgan fingerprint density at radius 1 is 1.25 bits per heavy atom. The second-order valence-corrected chi connectivity index (χ2v) is 5.39. The summed E-state index contributed by atoms with van der Waals surface area (Å²) in [7, 11) is 1.74. The third-order valence-corrected chi connectivity index (χ3v) is 3.49. The monoisotopic (exact) mass is 339 g/mol. The van der Waals surface area contributed by atoms with Crippen molar-refractivity contribution in [1.29, 1.82) is 0 Å². The summed E-state index contributed by atoms with van der Waals surface area (Å²) in [6, 6.07) is 6.21. The van der Waals surface area contributed by atoms with Crippen molar-refractivity contribution in [1.82, 2.24) is 10.6 Å². The van der Waals surface area contributed by atoms with Gasteiger partial charge in [0.25, 0.3) is 0 Å². The van der Waals surface area contributed by atoms with Crippen LogP contribution in [0.25, 0.3) is 0 Å². The topological polar surface area (TPSA) is 54.9 Å². The lowest BCUT2D eigenvalue weighted by molar-refractivity contribution is 0.143. The molecule has 1 aromatic rings. The van der Waals surface area contributed by atoms with Gasteiger partial charge in [0.15, 0.2) is 5.96 Å². The first kappa shape index (κ1) is 20.2. The van der Waals surface area contributed by atoms with Gasteiger partial charge in [-0.05, 0) is 38.3 Å². The Morgan fingerprint density at radius 2 is 2.08 bits per heavy atom. The number of nitrogens with zero attached hydrogens (tertiary/aromatic N) is 1. The number of hydrogen-bond donors (Lipinski definition) is 2. The molecule has 0 bridgehead atoms. The molecule has 0 amide bonds. The van der Waals surface area contributed by atoms with Gasteiger partial charge >= 0.3 is 0 Å². The zero-order valence-electron chi connectivity index (χ0n) is 15.0. The number of halogens is 1. The summed E-state index contributed by atoms with van der Waals surface area (Å²) in [5.41, 5.74) is 0. The van der Waals surface area contributed by atoms with Crippen LogP contribution in [0.5, 0.6) is 5.75 Å². The first-order chi connectivity index (χ1) is 11.7. The van der Waals surface area contributed by atoms with Gasteiger partial charge in [0.2, 0.25) is 0 Å². The first-order valence-electron chi connectivity index (χ1n) is 8.64. The Labute approximate surface area is 144 Å². The lowest BCUT2D eigenvalue weighted by Crippen LogP contribution is -2.42. The van der Waals surface area contributed by atoms with Crippen LogP contribution >= 0.6 is 0 Å². The van der Waals surface area contributed by atoms with Gasteiger partial charge < -0.3 is 20.1 Å². The fraction of sp³-hybridized carbons (Fsp3) is 0.611. The minimum absolute atomic E-state index is 0.0525. The summed E-state index contributed by atoms with van der Waals surface area (Å²) in [6.07, 6.45) is 2.81. The predicted molar refractivity (Wildman–Crippen MR) is 96.2 cm³/mol. The van der Waals surface area contributed by atoms with Gasteiger partial charge in [-0.1, -0.05) is 13.0 Å². The van der Waals surface area contributed by atoms with Gasteiger partial charge in [-0.15, -0.1) is 0 Å². The van der Waals surface area contributed by atoms with Gasteiger partial charge in [-0.2, -0.15) is 0 Å². The smallest absolute Gasteiger partial charge is 0.191 e. The third kappa shape index (κ3) is 8.72. The van der Waals surface area contributed by atoms with Gasteiger partial charge in [-0.25, -0.2) is 4.39 Å². The number of ether oxygens (including phenoxy) is 2. The van der Waals surface area contributed by atoms with Crippen molar-refractivity contribution < 1.29 is 13.9 Å². The SMILES string of the molecule is CCOCCCCNC(=NC)NCC(CC)Oc1cccc(F)c1. The van der Waals surface area contributed by atoms with Crippen LogP contribution in [0.4, 0.5) is 4.39 Å². The molecule has 0 saturated carbocycles. The van der Waals surface area contributed by atoms with Crippen molar-refractivity contribution in [2.75, 3.05) is 33.4 Å². The van der Waals surface area contributed by atoms with E-state index in [9.17, 15) is 4.39 Å². The molecular weight excluding hydrogens is 309 g/mol. The highest BCUT2D eigenvalue weighted by atomic mass is 19.1. The standard InChI is InChI=1S/C18H30FN3O2/c1-4-16(24-17-10-8-9-15(19)13-17)14-22-18(20-3)21-11-6-7-12-23-5-2/h8-10,13,16H,4-7,11-12,14H2,1-3H3,(H2,20,21,22). The molecule has 5 nitrogen and oxygen atoms in total. The Hall–Kier alpha value is -1.82. The maximum Gasteiger partial charge on any atom is 0.191 e. The van der Waals surface area contributed by atoms with Crippen LogP contribution in [-0.2, 0) is 4.74 Å². The van der Waals surface area contributed by atoms with Crippen molar-refractivity contribution in [3.8, 4) is 5.75 Å². The highest BCUT2D eigenvalue weighted by Crippen LogP contribution is 2.14. The summed E-state index contributed by atoms with van der Waals surface area (Å²) >= 11 is 0. The molecule has 0 radical (unpaired) electrons. The van der Waals surface area contributed by atoms with Gasteiger partial charge in [0.1, 0.15) is 17.7 Å². The van der Waals surface area contributed by atoms with Gasteiger partial charge in [0.05, 0.1) is 6.54 Å². The number of nitrogens with one attached hydrogen (secondary N) is 2. The number of benzene rings is 1. The highest BCUT2D eigenvalue weighted by molar-refractivity contribution is 5.79. The highest BCUT2D eigenvalue weighted by Gasteiger charge is 2.09. The third-order valence-electron chi connectivity index (χ3n) is 3.49. The summed E-state index contributed by atoms with van der Waals surface area (Å²) in [5, 5.41) is 6.51. The first-order valence-corrected chi connectivity index (χ1v) is 8.64. The fourth-order valence-electron chi connectivity index (χ4n) is 2.11. The molecule has 0 aromatic heterocycles. The van der Waals surface area contributed by atoms with Crippen LogP contribution in [0.3, 0.4) is 0 Å². The van der Waals surface area contributed by atoms with E-state index < -0.39 is 0 Å². The zero-order valence-corrected chi connectivity index (χ0v) is 15.0. The molecule has 0 aliphatic rings. The number of aliphatic imine (C=N–C) groups is 1. The minimum Gasteiger partial charge on any atom is -0.489 e. The molecule has 6 heteroatoms. The van der Waals surface area contributed by atoms with Crippen LogP contribution in [-0.4, -0.2) is 45.4 Å². The second-order valence-electron chi connectivity index (χ2n) is 5.39. The van der Waals surface area contributed by atoms with Gasteiger partial charge in [-0.3, -0.25) is 4.99 Å². The molecule has 0 saturated heterocycles. The maximum absolute atomic E-state index is 13.2. The van der Waals surface area contributed by atoms with Crippen LogP contribution in [0, 0.1) is 5.82 Å². The lowest BCUT2D eigenvalue weighted by Gasteiger charge is -2.20. The van der Waals surface area contributed by atoms with Crippen molar-refractivity contribution in [3.63, 3.8) is 0 Å². The number of guanidine groups is 1. The molecule has 1 atom stereocenters. The molecule has 2 N–H and O–H groups in total. The van der Waals surface area contributed by atoms with Crippen molar-refractivity contribution in [2.45, 2.75) is 39.2 Å². The molecular formula is C18H30FN3O2.